The lowest BCUT2D eigenvalue weighted by Gasteiger charge is -2.22. The summed E-state index contributed by atoms with van der Waals surface area (Å²) >= 11 is 1.86. The van der Waals surface area contributed by atoms with E-state index in [1.165, 1.54) is 75.5 Å². The SMILES string of the molecule is CC1(C)c2cc3ccccc3cc2-c2c(-c3cc(-c4ccc(-c5ccc(-c6ccc7c(c6)sc6ccccc67)cc5)cc4)nc(-c4ccccc4)n3)cccc21. The van der Waals surface area contributed by atoms with Crippen molar-refractivity contribution in [1.29, 1.82) is 0 Å². The van der Waals surface area contributed by atoms with Gasteiger partial charge in [-0.2, -0.15) is 0 Å². The van der Waals surface area contributed by atoms with Gasteiger partial charge >= 0.3 is 0 Å². The van der Waals surface area contributed by atoms with Crippen molar-refractivity contribution < 1.29 is 0 Å². The van der Waals surface area contributed by atoms with Crippen molar-refractivity contribution in [2.75, 3.05) is 0 Å². The van der Waals surface area contributed by atoms with E-state index in [0.717, 1.165) is 33.9 Å². The van der Waals surface area contributed by atoms with Crippen LogP contribution in [0.2, 0.25) is 0 Å². The Kier molecular flexibility index (Phi) is 7.42. The summed E-state index contributed by atoms with van der Waals surface area (Å²) in [5.74, 6) is 0.722. The third-order valence-corrected chi connectivity index (χ3v) is 12.8. The Bertz CT molecular complexity index is 3140. The maximum absolute atomic E-state index is 5.28. The third kappa shape index (κ3) is 5.31. The lowest BCUT2D eigenvalue weighted by Crippen LogP contribution is -2.14. The van der Waals surface area contributed by atoms with Gasteiger partial charge in [0.25, 0.3) is 0 Å². The van der Waals surface area contributed by atoms with Crippen LogP contribution in [-0.4, -0.2) is 9.97 Å². The number of thiophene rings is 1. The summed E-state index contributed by atoms with van der Waals surface area (Å²) in [4.78, 5) is 10.5. The Morgan fingerprint density at radius 2 is 1.00 bits per heavy atom. The number of fused-ring (bicyclic) bond motifs is 7. The van der Waals surface area contributed by atoms with Crippen LogP contribution in [0.3, 0.4) is 0 Å². The zero-order valence-electron chi connectivity index (χ0n) is 31.1. The average molecular weight is 733 g/mol. The molecule has 2 aromatic heterocycles. The van der Waals surface area contributed by atoms with Crippen LogP contribution in [0.1, 0.15) is 25.0 Å². The van der Waals surface area contributed by atoms with E-state index in [1.807, 2.05) is 17.4 Å². The summed E-state index contributed by atoms with van der Waals surface area (Å²) in [5.41, 5.74) is 14.9. The maximum atomic E-state index is 5.28. The number of benzene rings is 8. The minimum atomic E-state index is -0.135. The molecular formula is C53H36N2S. The Balaban J connectivity index is 0.967. The number of aromatic nitrogens is 2. The number of rotatable bonds is 5. The van der Waals surface area contributed by atoms with Gasteiger partial charge < -0.3 is 0 Å². The van der Waals surface area contributed by atoms with Crippen molar-refractivity contribution in [3.05, 3.63) is 193 Å². The maximum Gasteiger partial charge on any atom is 0.160 e. The summed E-state index contributed by atoms with van der Waals surface area (Å²) in [5, 5.41) is 5.18. The zero-order chi connectivity index (χ0) is 37.4. The topological polar surface area (TPSA) is 25.8 Å². The minimum Gasteiger partial charge on any atom is -0.228 e. The molecule has 0 spiro atoms. The van der Waals surface area contributed by atoms with Crippen LogP contribution < -0.4 is 0 Å². The first kappa shape index (κ1) is 32.7. The van der Waals surface area contributed by atoms with E-state index < -0.39 is 0 Å². The van der Waals surface area contributed by atoms with Gasteiger partial charge in [-0.25, -0.2) is 9.97 Å². The molecule has 8 aromatic carbocycles. The summed E-state index contributed by atoms with van der Waals surface area (Å²) in [6, 6.07) is 65.9. The molecule has 0 aliphatic heterocycles. The molecule has 0 radical (unpaired) electrons. The van der Waals surface area contributed by atoms with Crippen LogP contribution in [0.15, 0.2) is 182 Å². The van der Waals surface area contributed by atoms with Gasteiger partial charge in [-0.3, -0.25) is 0 Å². The van der Waals surface area contributed by atoms with E-state index >= 15 is 0 Å². The van der Waals surface area contributed by atoms with Crippen LogP contribution in [0.4, 0.5) is 0 Å². The lowest BCUT2D eigenvalue weighted by molar-refractivity contribution is 0.661. The molecule has 3 heteroatoms. The van der Waals surface area contributed by atoms with Crippen LogP contribution in [0, 0.1) is 0 Å². The van der Waals surface area contributed by atoms with Crippen LogP contribution >= 0.6 is 11.3 Å². The Labute approximate surface area is 330 Å². The van der Waals surface area contributed by atoms with Crippen LogP contribution in [0.5, 0.6) is 0 Å². The fraction of sp³-hybridized carbons (Fsp3) is 0.0566. The quantitative estimate of drug-likeness (QED) is 0.176. The fourth-order valence-corrected chi connectivity index (χ4v) is 9.87. The van der Waals surface area contributed by atoms with E-state index in [0.29, 0.717) is 0 Å². The highest BCUT2D eigenvalue weighted by Gasteiger charge is 2.37. The van der Waals surface area contributed by atoms with E-state index in [4.69, 9.17) is 9.97 Å². The highest BCUT2D eigenvalue weighted by atomic mass is 32.1. The zero-order valence-corrected chi connectivity index (χ0v) is 31.9. The molecule has 0 N–H and O–H groups in total. The predicted molar refractivity (Wildman–Crippen MR) is 237 cm³/mol. The molecule has 0 fully saturated rings. The van der Waals surface area contributed by atoms with Gasteiger partial charge in [-0.15, -0.1) is 11.3 Å². The standard InChI is InChI=1S/C53H36N2S/c1-53(2)45-17-10-16-43(51(45)44-29-38-13-6-7-14-39(38)30-46(44)53)48-32-47(54-52(55-48)37-11-4-3-5-12-37)36-25-23-34(24-26-36)33-19-21-35(22-20-33)40-27-28-42-41-15-8-9-18-49(41)56-50(42)31-40/h3-32H,1-2H3. The van der Waals surface area contributed by atoms with Crippen LogP contribution in [0.25, 0.3) is 98.2 Å². The summed E-state index contributed by atoms with van der Waals surface area (Å²) in [6.45, 7) is 4.69. The Hall–Kier alpha value is -6.68. The molecule has 11 rings (SSSR count). The Morgan fingerprint density at radius 3 is 1.77 bits per heavy atom. The van der Waals surface area contributed by atoms with Gasteiger partial charge in [0, 0.05) is 42.3 Å². The van der Waals surface area contributed by atoms with Crippen molar-refractivity contribution in [3.8, 4) is 67.3 Å². The number of hydrogen-bond donors (Lipinski definition) is 0. The second-order valence-corrected chi connectivity index (χ2v) is 16.5. The minimum absolute atomic E-state index is 0.135. The molecule has 56 heavy (non-hydrogen) atoms. The molecule has 0 unspecified atom stereocenters. The van der Waals surface area contributed by atoms with Gasteiger partial charge in [0.15, 0.2) is 5.82 Å². The van der Waals surface area contributed by atoms with Crippen molar-refractivity contribution in [1.82, 2.24) is 9.97 Å². The molecule has 0 bridgehead atoms. The van der Waals surface area contributed by atoms with E-state index in [1.54, 1.807) is 0 Å². The third-order valence-electron chi connectivity index (χ3n) is 11.7. The highest BCUT2D eigenvalue weighted by molar-refractivity contribution is 7.25. The average Bonchev–Trinajstić information content (AvgIpc) is 3.74. The number of hydrogen-bond acceptors (Lipinski definition) is 3. The molecule has 264 valence electrons. The highest BCUT2D eigenvalue weighted by Crippen LogP contribution is 2.53. The molecule has 0 amide bonds. The van der Waals surface area contributed by atoms with Gasteiger partial charge in [-0.05, 0) is 85.6 Å². The molecule has 2 nitrogen and oxygen atoms in total. The molecule has 0 atom stereocenters. The van der Waals surface area contributed by atoms with Gasteiger partial charge in [0.1, 0.15) is 0 Å². The smallest absolute Gasteiger partial charge is 0.160 e. The summed E-state index contributed by atoms with van der Waals surface area (Å²) in [7, 11) is 0. The van der Waals surface area contributed by atoms with Crippen molar-refractivity contribution >= 4 is 42.3 Å². The molecule has 0 saturated heterocycles. The first-order valence-corrected chi connectivity index (χ1v) is 20.0. The second-order valence-electron chi connectivity index (χ2n) is 15.4. The van der Waals surface area contributed by atoms with Crippen molar-refractivity contribution in [3.63, 3.8) is 0 Å². The summed E-state index contributed by atoms with van der Waals surface area (Å²) < 4.78 is 2.66. The van der Waals surface area contributed by atoms with Gasteiger partial charge in [-0.1, -0.05) is 166 Å². The molecule has 2 heterocycles. The molecule has 10 aromatic rings. The van der Waals surface area contributed by atoms with Crippen molar-refractivity contribution in [2.45, 2.75) is 19.3 Å². The van der Waals surface area contributed by atoms with Crippen LogP contribution in [-0.2, 0) is 5.41 Å². The second kappa shape index (κ2) is 12.7. The summed E-state index contributed by atoms with van der Waals surface area (Å²) in [6.07, 6.45) is 0. The first-order valence-electron chi connectivity index (χ1n) is 19.2. The predicted octanol–water partition coefficient (Wildman–Crippen LogP) is 14.6. The molecule has 1 aliphatic rings. The van der Waals surface area contributed by atoms with Gasteiger partial charge in [0.2, 0.25) is 0 Å². The molecular weight excluding hydrogens is 697 g/mol. The molecule has 0 saturated carbocycles. The normalized spacial score (nSPS) is 13.0. The Morgan fingerprint density at radius 1 is 0.393 bits per heavy atom. The largest absolute Gasteiger partial charge is 0.228 e. The van der Waals surface area contributed by atoms with Gasteiger partial charge in [0.05, 0.1) is 11.4 Å². The van der Waals surface area contributed by atoms with E-state index in [2.05, 4.69) is 190 Å². The van der Waals surface area contributed by atoms with E-state index in [-0.39, 0.29) is 5.41 Å². The first-order chi connectivity index (χ1) is 27.5. The number of nitrogens with zero attached hydrogens (tertiary/aromatic N) is 2. The monoisotopic (exact) mass is 732 g/mol. The fourth-order valence-electron chi connectivity index (χ4n) is 8.73. The molecule has 1 aliphatic carbocycles. The van der Waals surface area contributed by atoms with E-state index in [9.17, 15) is 0 Å². The lowest BCUT2D eigenvalue weighted by atomic mass is 9.81. The van der Waals surface area contributed by atoms with Crippen molar-refractivity contribution in [2.24, 2.45) is 0 Å².